The lowest BCUT2D eigenvalue weighted by Gasteiger charge is -2.13. The fourth-order valence-corrected chi connectivity index (χ4v) is 2.42. The molecule has 0 unspecified atom stereocenters. The first-order valence-electron chi connectivity index (χ1n) is 6.31. The van der Waals surface area contributed by atoms with Gasteiger partial charge in [-0.25, -0.2) is 13.1 Å². The van der Waals surface area contributed by atoms with Crippen LogP contribution in [0.2, 0.25) is 0 Å². The fraction of sp³-hybridized carbons (Fsp3) is 0.727. The maximum atomic E-state index is 12.0. The molecule has 0 spiro atoms. The van der Waals surface area contributed by atoms with Gasteiger partial charge >= 0.3 is 0 Å². The molecule has 0 aliphatic heterocycles. The molecule has 19 heavy (non-hydrogen) atoms. The summed E-state index contributed by atoms with van der Waals surface area (Å²) < 4.78 is 28.0. The lowest BCUT2D eigenvalue weighted by molar-refractivity contribution is 0.277. The first-order chi connectivity index (χ1) is 8.99. The number of likely N-dealkylation sites (N-methyl/N-ethyl adjacent to an activating group) is 1. The predicted molar refractivity (Wildman–Crippen MR) is 72.3 cm³/mol. The Labute approximate surface area is 114 Å². The van der Waals surface area contributed by atoms with Gasteiger partial charge in [-0.15, -0.1) is 0 Å². The maximum Gasteiger partial charge on any atom is 0.243 e. The molecule has 0 aromatic carbocycles. The number of aryl methyl sites for hydroxylation is 1. The van der Waals surface area contributed by atoms with Gasteiger partial charge in [-0.05, 0) is 20.0 Å². The number of aromatic nitrogens is 2. The minimum atomic E-state index is -3.49. The van der Waals surface area contributed by atoms with Crippen molar-refractivity contribution in [1.82, 2.24) is 19.4 Å². The number of hydrogen-bond donors (Lipinski definition) is 2. The second-order valence-corrected chi connectivity index (χ2v) is 6.08. The van der Waals surface area contributed by atoms with Crippen LogP contribution in [0.25, 0.3) is 0 Å². The lowest BCUT2D eigenvalue weighted by Crippen LogP contribution is -2.32. The third-order valence-corrected chi connectivity index (χ3v) is 4.21. The maximum absolute atomic E-state index is 12.0. The van der Waals surface area contributed by atoms with E-state index >= 15 is 0 Å². The number of aliphatic hydroxyl groups is 1. The minimum absolute atomic E-state index is 0.0591. The number of aliphatic hydroxyl groups excluding tert-OH is 1. The molecule has 1 heterocycles. The lowest BCUT2D eigenvalue weighted by atomic mass is 10.5. The van der Waals surface area contributed by atoms with E-state index in [-0.39, 0.29) is 11.5 Å². The molecule has 7 nitrogen and oxygen atoms in total. The zero-order chi connectivity index (χ0) is 14.3. The van der Waals surface area contributed by atoms with E-state index in [1.807, 2.05) is 18.9 Å². The van der Waals surface area contributed by atoms with Gasteiger partial charge in [0.2, 0.25) is 10.0 Å². The van der Waals surface area contributed by atoms with E-state index in [1.165, 1.54) is 17.1 Å². The van der Waals surface area contributed by atoms with Gasteiger partial charge in [-0.1, -0.05) is 6.92 Å². The van der Waals surface area contributed by atoms with Crippen LogP contribution < -0.4 is 4.72 Å². The van der Waals surface area contributed by atoms with Crippen LogP contribution in [0.5, 0.6) is 0 Å². The van der Waals surface area contributed by atoms with Crippen molar-refractivity contribution in [2.24, 2.45) is 0 Å². The van der Waals surface area contributed by atoms with Crippen LogP contribution in [0.15, 0.2) is 17.3 Å². The second kappa shape index (κ2) is 7.59. The molecule has 1 aromatic heterocycles. The van der Waals surface area contributed by atoms with Gasteiger partial charge in [-0.3, -0.25) is 4.68 Å². The van der Waals surface area contributed by atoms with Gasteiger partial charge in [0, 0.05) is 32.4 Å². The van der Waals surface area contributed by atoms with Crippen molar-refractivity contribution >= 4 is 10.0 Å². The summed E-state index contributed by atoms with van der Waals surface area (Å²) in [5.74, 6) is 0. The van der Waals surface area contributed by atoms with Crippen molar-refractivity contribution in [2.75, 3.05) is 33.3 Å². The molecule has 0 saturated carbocycles. The third kappa shape index (κ3) is 5.27. The van der Waals surface area contributed by atoms with Crippen LogP contribution in [0, 0.1) is 0 Å². The Kier molecular flexibility index (Phi) is 6.43. The third-order valence-electron chi connectivity index (χ3n) is 2.79. The molecular formula is C11H22N4O3S. The number of nitrogens with one attached hydrogen (secondary N) is 1. The topological polar surface area (TPSA) is 87.5 Å². The zero-order valence-electron chi connectivity index (χ0n) is 11.4. The molecule has 0 bridgehead atoms. The van der Waals surface area contributed by atoms with Crippen molar-refractivity contribution in [3.05, 3.63) is 12.4 Å². The van der Waals surface area contributed by atoms with Gasteiger partial charge < -0.3 is 10.0 Å². The summed E-state index contributed by atoms with van der Waals surface area (Å²) >= 11 is 0. The van der Waals surface area contributed by atoms with Crippen molar-refractivity contribution in [3.63, 3.8) is 0 Å². The summed E-state index contributed by atoms with van der Waals surface area (Å²) in [4.78, 5) is 2.18. The molecule has 1 aromatic rings. The molecule has 0 aliphatic rings. The van der Waals surface area contributed by atoms with E-state index in [9.17, 15) is 8.42 Å². The second-order valence-electron chi connectivity index (χ2n) is 4.31. The molecule has 0 saturated heterocycles. The highest BCUT2D eigenvalue weighted by molar-refractivity contribution is 7.89. The molecule has 8 heteroatoms. The van der Waals surface area contributed by atoms with Crippen molar-refractivity contribution in [2.45, 2.75) is 24.8 Å². The standard InChI is InChI=1S/C11H22N4O3S/c1-3-14(2)7-5-13-19(17,18)11-9-12-15(10-11)6-4-8-16/h9-10,13,16H,3-8H2,1-2H3. The number of hydrogen-bond acceptors (Lipinski definition) is 5. The van der Waals surface area contributed by atoms with Crippen LogP contribution in [-0.2, 0) is 16.6 Å². The van der Waals surface area contributed by atoms with Crippen LogP contribution >= 0.6 is 0 Å². The summed E-state index contributed by atoms with van der Waals surface area (Å²) in [6.07, 6.45) is 3.35. The predicted octanol–water partition coefficient (Wildman–Crippen LogP) is -0.504. The van der Waals surface area contributed by atoms with Crippen molar-refractivity contribution < 1.29 is 13.5 Å². The van der Waals surface area contributed by atoms with E-state index < -0.39 is 10.0 Å². The first-order valence-corrected chi connectivity index (χ1v) is 7.79. The molecule has 2 N–H and O–H groups in total. The van der Waals surface area contributed by atoms with Gasteiger partial charge in [0.05, 0.1) is 6.20 Å². The first kappa shape index (κ1) is 16.1. The largest absolute Gasteiger partial charge is 0.396 e. The summed E-state index contributed by atoms with van der Waals surface area (Å²) in [6, 6.07) is 0. The van der Waals surface area contributed by atoms with E-state index in [1.54, 1.807) is 0 Å². The molecule has 0 fully saturated rings. The average Bonchev–Trinajstić information content (AvgIpc) is 2.85. The van der Waals surface area contributed by atoms with Crippen LogP contribution in [0.3, 0.4) is 0 Å². The Morgan fingerprint density at radius 2 is 2.26 bits per heavy atom. The molecule has 0 atom stereocenters. The summed E-state index contributed by atoms with van der Waals surface area (Å²) in [7, 11) is -1.56. The van der Waals surface area contributed by atoms with E-state index in [4.69, 9.17) is 5.11 Å². The highest BCUT2D eigenvalue weighted by Crippen LogP contribution is 2.06. The van der Waals surface area contributed by atoms with Crippen molar-refractivity contribution in [1.29, 1.82) is 0 Å². The van der Waals surface area contributed by atoms with Crippen molar-refractivity contribution in [3.8, 4) is 0 Å². The zero-order valence-corrected chi connectivity index (χ0v) is 12.2. The molecule has 0 amide bonds. The normalized spacial score (nSPS) is 12.2. The smallest absolute Gasteiger partial charge is 0.243 e. The Balaban J connectivity index is 2.54. The Morgan fingerprint density at radius 3 is 2.89 bits per heavy atom. The molecule has 0 aliphatic carbocycles. The molecule has 110 valence electrons. The van der Waals surface area contributed by atoms with Gasteiger partial charge in [0.15, 0.2) is 0 Å². The highest BCUT2D eigenvalue weighted by atomic mass is 32.2. The summed E-state index contributed by atoms with van der Waals surface area (Å²) in [6.45, 7) is 4.48. The summed E-state index contributed by atoms with van der Waals surface area (Å²) in [5, 5.41) is 12.7. The van der Waals surface area contributed by atoms with Gasteiger partial charge in [0.1, 0.15) is 4.90 Å². The SMILES string of the molecule is CCN(C)CCNS(=O)(=O)c1cnn(CCCO)c1. The monoisotopic (exact) mass is 290 g/mol. The highest BCUT2D eigenvalue weighted by Gasteiger charge is 2.15. The van der Waals surface area contributed by atoms with E-state index in [2.05, 4.69) is 9.82 Å². The molecular weight excluding hydrogens is 268 g/mol. The Hall–Kier alpha value is -0.960. The molecule has 1 rings (SSSR count). The fourth-order valence-electron chi connectivity index (χ4n) is 1.45. The Morgan fingerprint density at radius 1 is 1.53 bits per heavy atom. The van der Waals surface area contributed by atoms with E-state index in [0.717, 1.165) is 6.54 Å². The Bertz CT molecular complexity index is 472. The van der Waals surface area contributed by atoms with Crippen LogP contribution in [-0.4, -0.2) is 61.5 Å². The van der Waals surface area contributed by atoms with Crippen LogP contribution in [0.4, 0.5) is 0 Å². The quantitative estimate of drug-likeness (QED) is 0.640. The average molecular weight is 290 g/mol. The number of nitrogens with zero attached hydrogens (tertiary/aromatic N) is 3. The molecule has 0 radical (unpaired) electrons. The summed E-state index contributed by atoms with van der Waals surface area (Å²) in [5.41, 5.74) is 0. The van der Waals surface area contributed by atoms with Gasteiger partial charge in [-0.2, -0.15) is 5.10 Å². The van der Waals surface area contributed by atoms with Gasteiger partial charge in [0.25, 0.3) is 0 Å². The number of rotatable bonds is 9. The minimum Gasteiger partial charge on any atom is -0.396 e. The number of sulfonamides is 1. The van der Waals surface area contributed by atoms with Crippen LogP contribution in [0.1, 0.15) is 13.3 Å². The van der Waals surface area contributed by atoms with E-state index in [0.29, 0.717) is 26.1 Å².